The average molecular weight is 407 g/mol. The van der Waals surface area contributed by atoms with E-state index in [0.29, 0.717) is 34.2 Å². The van der Waals surface area contributed by atoms with Crippen molar-refractivity contribution >= 4 is 34.9 Å². The van der Waals surface area contributed by atoms with Crippen LogP contribution >= 0.6 is 23.2 Å². The molecule has 0 saturated heterocycles. The van der Waals surface area contributed by atoms with Crippen molar-refractivity contribution in [2.24, 2.45) is 5.41 Å². The molecule has 1 aromatic rings. The van der Waals surface area contributed by atoms with Crippen molar-refractivity contribution in [3.63, 3.8) is 0 Å². The van der Waals surface area contributed by atoms with Crippen molar-refractivity contribution in [1.82, 2.24) is 10.6 Å². The molecule has 1 heterocycles. The van der Waals surface area contributed by atoms with Crippen LogP contribution in [0.4, 0.5) is 0 Å². The predicted octanol–water partition coefficient (Wildman–Crippen LogP) is 4.73. The van der Waals surface area contributed by atoms with Crippen LogP contribution in [0.1, 0.15) is 52.0 Å². The number of carbonyl (C=O) groups excluding carboxylic acids is 2. The third kappa shape index (κ3) is 3.78. The van der Waals surface area contributed by atoms with Crippen LogP contribution in [0.15, 0.2) is 40.7 Å². The van der Waals surface area contributed by atoms with Gasteiger partial charge in [-0.05, 0) is 43.4 Å². The zero-order chi connectivity index (χ0) is 19.9. The number of nitrogens with one attached hydrogen (secondary N) is 2. The number of rotatable bonds is 3. The summed E-state index contributed by atoms with van der Waals surface area (Å²) in [6, 6.07) is 5.31. The fourth-order valence-electron chi connectivity index (χ4n) is 4.02. The molecule has 27 heavy (non-hydrogen) atoms. The van der Waals surface area contributed by atoms with Gasteiger partial charge in [0.1, 0.15) is 0 Å². The molecule has 3 rings (SSSR count). The fraction of sp³-hybridized carbons (Fsp3) is 0.429. The lowest BCUT2D eigenvalue weighted by Gasteiger charge is -2.39. The van der Waals surface area contributed by atoms with E-state index >= 15 is 0 Å². The highest BCUT2D eigenvalue weighted by Crippen LogP contribution is 2.47. The SMILES string of the molecule is CCNC(=O)C1=C(C)NC2=C(C(=O)CC(C)(C)C2)C1c1ccc(Cl)c(Cl)c1. The normalized spacial score (nSPS) is 21.7. The number of carbonyl (C=O) groups is 2. The van der Waals surface area contributed by atoms with Crippen molar-refractivity contribution in [3.8, 4) is 0 Å². The quantitative estimate of drug-likeness (QED) is 0.762. The van der Waals surface area contributed by atoms with Gasteiger partial charge in [0.15, 0.2) is 5.78 Å². The first-order valence-corrected chi connectivity index (χ1v) is 9.87. The summed E-state index contributed by atoms with van der Waals surface area (Å²) in [7, 11) is 0. The summed E-state index contributed by atoms with van der Waals surface area (Å²) in [6.07, 6.45) is 1.21. The summed E-state index contributed by atoms with van der Waals surface area (Å²) in [6.45, 7) is 8.44. The second-order valence-corrected chi connectivity index (χ2v) is 8.78. The van der Waals surface area contributed by atoms with E-state index in [1.807, 2.05) is 19.9 Å². The number of ketones is 1. The van der Waals surface area contributed by atoms with Gasteiger partial charge in [-0.3, -0.25) is 9.59 Å². The summed E-state index contributed by atoms with van der Waals surface area (Å²) in [5.41, 5.74) is 3.57. The third-order valence-electron chi connectivity index (χ3n) is 5.10. The number of allylic oxidation sites excluding steroid dienone is 3. The highest BCUT2D eigenvalue weighted by molar-refractivity contribution is 6.42. The number of benzene rings is 1. The van der Waals surface area contributed by atoms with E-state index in [1.165, 1.54) is 0 Å². The van der Waals surface area contributed by atoms with Gasteiger partial charge in [-0.2, -0.15) is 0 Å². The second-order valence-electron chi connectivity index (χ2n) is 7.96. The highest BCUT2D eigenvalue weighted by atomic mass is 35.5. The minimum absolute atomic E-state index is 0.0686. The first-order valence-electron chi connectivity index (χ1n) is 9.12. The van der Waals surface area contributed by atoms with Crippen molar-refractivity contribution in [1.29, 1.82) is 0 Å². The van der Waals surface area contributed by atoms with Gasteiger partial charge < -0.3 is 10.6 Å². The van der Waals surface area contributed by atoms with Crippen LogP contribution in [-0.2, 0) is 9.59 Å². The first-order chi connectivity index (χ1) is 12.6. The first kappa shape index (κ1) is 20.0. The molecule has 0 bridgehead atoms. The molecule has 6 heteroatoms. The van der Waals surface area contributed by atoms with Gasteiger partial charge >= 0.3 is 0 Å². The van der Waals surface area contributed by atoms with Crippen LogP contribution < -0.4 is 10.6 Å². The van der Waals surface area contributed by atoms with Gasteiger partial charge in [-0.1, -0.05) is 43.1 Å². The van der Waals surface area contributed by atoms with Gasteiger partial charge in [-0.25, -0.2) is 0 Å². The van der Waals surface area contributed by atoms with Gasteiger partial charge in [0.05, 0.1) is 10.0 Å². The predicted molar refractivity (Wildman–Crippen MR) is 109 cm³/mol. The lowest BCUT2D eigenvalue weighted by Crippen LogP contribution is -2.40. The Morgan fingerprint density at radius 1 is 1.26 bits per heavy atom. The van der Waals surface area contributed by atoms with Crippen LogP contribution in [-0.4, -0.2) is 18.2 Å². The van der Waals surface area contributed by atoms with E-state index < -0.39 is 5.92 Å². The number of Topliss-reactive ketones (excluding diaryl/α,β-unsaturated/α-hetero) is 1. The average Bonchev–Trinajstić information content (AvgIpc) is 2.55. The van der Waals surface area contributed by atoms with Gasteiger partial charge in [0, 0.05) is 41.4 Å². The fourth-order valence-corrected chi connectivity index (χ4v) is 4.32. The van der Waals surface area contributed by atoms with Crippen LogP contribution in [0.5, 0.6) is 0 Å². The Morgan fingerprint density at radius 3 is 2.59 bits per heavy atom. The minimum Gasteiger partial charge on any atom is -0.362 e. The number of halogens is 2. The number of dihydropyridines is 1. The molecule has 0 spiro atoms. The standard InChI is InChI=1S/C21H24Cl2N2O2/c1-5-24-20(27)17-11(2)25-15-9-21(3,4)10-16(26)19(15)18(17)12-6-7-13(22)14(23)8-12/h6-8,18,25H,5,9-10H2,1-4H3,(H,24,27). The van der Waals surface area contributed by atoms with Gasteiger partial charge in [0.2, 0.25) is 5.91 Å². The maximum absolute atomic E-state index is 13.1. The molecule has 144 valence electrons. The molecule has 0 aromatic heterocycles. The molecule has 1 amide bonds. The van der Waals surface area contributed by atoms with Crippen LogP contribution in [0.3, 0.4) is 0 Å². The molecule has 0 saturated carbocycles. The molecular weight excluding hydrogens is 383 g/mol. The van der Waals surface area contributed by atoms with E-state index in [0.717, 1.165) is 23.4 Å². The number of likely N-dealkylation sites (N-methyl/N-ethyl adjacent to an activating group) is 1. The molecule has 1 aliphatic heterocycles. The number of hydrogen-bond acceptors (Lipinski definition) is 3. The third-order valence-corrected chi connectivity index (χ3v) is 5.84. The molecule has 2 aliphatic rings. The summed E-state index contributed by atoms with van der Waals surface area (Å²) < 4.78 is 0. The van der Waals surface area contributed by atoms with E-state index in [2.05, 4.69) is 24.5 Å². The Balaban J connectivity index is 2.20. The summed E-state index contributed by atoms with van der Waals surface area (Å²) in [5.74, 6) is -0.562. The maximum Gasteiger partial charge on any atom is 0.249 e. The smallest absolute Gasteiger partial charge is 0.249 e. The topological polar surface area (TPSA) is 58.2 Å². The van der Waals surface area contributed by atoms with E-state index in [1.54, 1.807) is 12.1 Å². The molecule has 1 aliphatic carbocycles. The van der Waals surface area contributed by atoms with E-state index in [9.17, 15) is 9.59 Å². The Kier molecular flexibility index (Phi) is 5.42. The Hall–Kier alpha value is -1.78. The molecule has 4 nitrogen and oxygen atoms in total. The molecule has 2 N–H and O–H groups in total. The minimum atomic E-state index is -0.453. The Morgan fingerprint density at radius 2 is 1.96 bits per heavy atom. The second kappa shape index (κ2) is 7.33. The largest absolute Gasteiger partial charge is 0.362 e. The van der Waals surface area contributed by atoms with Crippen molar-refractivity contribution in [2.75, 3.05) is 6.54 Å². The Bertz CT molecular complexity index is 884. The molecule has 1 aromatic carbocycles. The summed E-state index contributed by atoms with van der Waals surface area (Å²) >= 11 is 12.3. The van der Waals surface area contributed by atoms with Crippen LogP contribution in [0.2, 0.25) is 10.0 Å². The molecule has 0 fully saturated rings. The van der Waals surface area contributed by atoms with Crippen LogP contribution in [0, 0.1) is 5.41 Å². The summed E-state index contributed by atoms with van der Waals surface area (Å²) in [5, 5.41) is 7.06. The number of hydrogen-bond donors (Lipinski definition) is 2. The molecular formula is C21H24Cl2N2O2. The van der Waals surface area contributed by atoms with Crippen molar-refractivity contribution < 1.29 is 9.59 Å². The monoisotopic (exact) mass is 406 g/mol. The van der Waals surface area contributed by atoms with E-state index in [-0.39, 0.29) is 17.1 Å². The highest BCUT2D eigenvalue weighted by Gasteiger charge is 2.42. The molecule has 1 atom stereocenters. The van der Waals surface area contributed by atoms with Crippen molar-refractivity contribution in [3.05, 3.63) is 56.3 Å². The lowest BCUT2D eigenvalue weighted by atomic mass is 9.68. The van der Waals surface area contributed by atoms with Gasteiger partial charge in [0.25, 0.3) is 0 Å². The summed E-state index contributed by atoms with van der Waals surface area (Å²) in [4.78, 5) is 26.0. The zero-order valence-corrected chi connectivity index (χ0v) is 17.5. The lowest BCUT2D eigenvalue weighted by molar-refractivity contribution is -0.118. The molecule has 0 radical (unpaired) electrons. The van der Waals surface area contributed by atoms with Crippen molar-refractivity contribution in [2.45, 2.75) is 46.5 Å². The Labute approximate surface area is 170 Å². The number of amides is 1. The van der Waals surface area contributed by atoms with E-state index in [4.69, 9.17) is 23.2 Å². The van der Waals surface area contributed by atoms with Crippen LogP contribution in [0.25, 0.3) is 0 Å². The maximum atomic E-state index is 13.1. The zero-order valence-electron chi connectivity index (χ0n) is 16.0. The molecule has 1 unspecified atom stereocenters. The van der Waals surface area contributed by atoms with Gasteiger partial charge in [-0.15, -0.1) is 0 Å².